The van der Waals surface area contributed by atoms with Crippen LogP contribution in [0.5, 0.6) is 0 Å². The van der Waals surface area contributed by atoms with Gasteiger partial charge in [-0.25, -0.2) is 0 Å². The molecule has 0 saturated heterocycles. The van der Waals surface area contributed by atoms with Gasteiger partial charge < -0.3 is 0 Å². The minimum Gasteiger partial charge on any atom is -0.271 e. The number of halogens is 2. The van der Waals surface area contributed by atoms with Gasteiger partial charge in [-0.2, -0.15) is 5.10 Å². The second kappa shape index (κ2) is 6.37. The standard InChI is InChI=1S/C12H16BrClN4S/c1-3-8-12(14)10(18(2)17-8)5-9(16-15)11-4-7(13)6-19-11/h4,6,9,16H,3,5,15H2,1-2H3. The summed E-state index contributed by atoms with van der Waals surface area (Å²) in [5, 5.41) is 7.22. The summed E-state index contributed by atoms with van der Waals surface area (Å²) in [4.78, 5) is 1.17. The van der Waals surface area contributed by atoms with Crippen molar-refractivity contribution in [1.82, 2.24) is 15.2 Å². The fraction of sp³-hybridized carbons (Fsp3) is 0.417. The van der Waals surface area contributed by atoms with Crippen molar-refractivity contribution in [3.8, 4) is 0 Å². The highest BCUT2D eigenvalue weighted by Gasteiger charge is 2.19. The van der Waals surface area contributed by atoms with Crippen LogP contribution in [0.3, 0.4) is 0 Å². The molecule has 0 fully saturated rings. The molecule has 0 bridgehead atoms. The molecule has 2 heterocycles. The maximum atomic E-state index is 6.37. The van der Waals surface area contributed by atoms with E-state index in [2.05, 4.69) is 32.5 Å². The molecule has 4 nitrogen and oxygen atoms in total. The highest BCUT2D eigenvalue weighted by Crippen LogP contribution is 2.30. The van der Waals surface area contributed by atoms with Crippen LogP contribution < -0.4 is 11.3 Å². The van der Waals surface area contributed by atoms with E-state index < -0.39 is 0 Å². The van der Waals surface area contributed by atoms with Gasteiger partial charge in [0.15, 0.2) is 0 Å². The van der Waals surface area contributed by atoms with E-state index in [-0.39, 0.29) is 6.04 Å². The molecule has 0 aliphatic heterocycles. The summed E-state index contributed by atoms with van der Waals surface area (Å²) in [7, 11) is 1.91. The molecule has 0 radical (unpaired) electrons. The molecular weight excluding hydrogens is 348 g/mol. The second-order valence-corrected chi connectivity index (χ2v) is 6.51. The van der Waals surface area contributed by atoms with Gasteiger partial charge in [-0.1, -0.05) is 18.5 Å². The molecule has 0 saturated carbocycles. The summed E-state index contributed by atoms with van der Waals surface area (Å²) in [6.45, 7) is 2.05. The van der Waals surface area contributed by atoms with Crippen molar-refractivity contribution in [2.45, 2.75) is 25.8 Å². The van der Waals surface area contributed by atoms with Crippen LogP contribution >= 0.6 is 38.9 Å². The Bertz CT molecular complexity index is 566. The Morgan fingerprint density at radius 2 is 2.37 bits per heavy atom. The summed E-state index contributed by atoms with van der Waals surface area (Å²) in [5.41, 5.74) is 4.79. The molecule has 3 N–H and O–H groups in total. The number of nitrogens with two attached hydrogens (primary N) is 1. The topological polar surface area (TPSA) is 55.9 Å². The first-order valence-corrected chi connectivity index (χ1v) is 8.02. The molecule has 2 rings (SSSR count). The predicted octanol–water partition coefficient (Wildman–Crippen LogP) is 3.21. The van der Waals surface area contributed by atoms with Gasteiger partial charge in [0.25, 0.3) is 0 Å². The Hall–Kier alpha value is -0.400. The van der Waals surface area contributed by atoms with Crippen molar-refractivity contribution in [3.63, 3.8) is 0 Å². The van der Waals surface area contributed by atoms with Gasteiger partial charge in [0.05, 0.1) is 22.5 Å². The van der Waals surface area contributed by atoms with Crippen molar-refractivity contribution in [2.75, 3.05) is 0 Å². The van der Waals surface area contributed by atoms with Crippen LogP contribution in [0.15, 0.2) is 15.9 Å². The van der Waals surface area contributed by atoms with Crippen LogP contribution in [0.1, 0.15) is 29.2 Å². The fourth-order valence-corrected chi connectivity index (χ4v) is 3.86. The second-order valence-electron chi connectivity index (χ2n) is 4.28. The van der Waals surface area contributed by atoms with Gasteiger partial charge in [0, 0.05) is 28.2 Å². The minimum atomic E-state index is 0.0360. The Morgan fingerprint density at radius 3 is 2.84 bits per heavy atom. The van der Waals surface area contributed by atoms with Crippen molar-refractivity contribution >= 4 is 38.9 Å². The third-order valence-corrected chi connectivity index (χ3v) is 5.28. The Kier molecular flexibility index (Phi) is 5.03. The summed E-state index contributed by atoms with van der Waals surface area (Å²) in [6, 6.07) is 2.11. The molecule has 2 aromatic rings. The zero-order valence-corrected chi connectivity index (χ0v) is 13.9. The van der Waals surface area contributed by atoms with Gasteiger partial charge in [0.2, 0.25) is 0 Å². The third-order valence-electron chi connectivity index (χ3n) is 3.03. The van der Waals surface area contributed by atoms with Crippen LogP contribution in [0, 0.1) is 0 Å². The number of nitrogens with one attached hydrogen (secondary N) is 1. The predicted molar refractivity (Wildman–Crippen MR) is 83.4 cm³/mol. The summed E-state index contributed by atoms with van der Waals surface area (Å²) < 4.78 is 2.91. The zero-order valence-electron chi connectivity index (χ0n) is 10.8. The quantitative estimate of drug-likeness (QED) is 0.633. The van der Waals surface area contributed by atoms with E-state index in [1.165, 1.54) is 4.88 Å². The van der Waals surface area contributed by atoms with Gasteiger partial charge in [-0.3, -0.25) is 16.0 Å². The monoisotopic (exact) mass is 362 g/mol. The number of aromatic nitrogens is 2. The molecule has 1 atom stereocenters. The van der Waals surface area contributed by atoms with Crippen LogP contribution in [0.2, 0.25) is 5.02 Å². The van der Waals surface area contributed by atoms with Gasteiger partial charge in [-0.05, 0) is 28.4 Å². The molecule has 7 heteroatoms. The van der Waals surface area contributed by atoms with Crippen LogP contribution in [0.25, 0.3) is 0 Å². The Balaban J connectivity index is 2.26. The van der Waals surface area contributed by atoms with E-state index in [4.69, 9.17) is 17.4 Å². The molecule has 0 aliphatic carbocycles. The number of rotatable bonds is 5. The SMILES string of the molecule is CCc1nn(C)c(CC(NN)c2cc(Br)cs2)c1Cl. The van der Waals surface area contributed by atoms with Crippen LogP contribution in [0.4, 0.5) is 0 Å². The summed E-state index contributed by atoms with van der Waals surface area (Å²) in [5.74, 6) is 5.67. The molecule has 19 heavy (non-hydrogen) atoms. The Labute approximate surface area is 130 Å². The van der Waals surface area contributed by atoms with E-state index in [9.17, 15) is 0 Å². The first-order chi connectivity index (χ1) is 9.06. The lowest BCUT2D eigenvalue weighted by atomic mass is 10.1. The van der Waals surface area contributed by atoms with Gasteiger partial charge in [0.1, 0.15) is 0 Å². The molecule has 0 aromatic carbocycles. The van der Waals surface area contributed by atoms with E-state index in [1.807, 2.05) is 24.0 Å². The normalized spacial score (nSPS) is 12.9. The average Bonchev–Trinajstić information content (AvgIpc) is 2.92. The average molecular weight is 364 g/mol. The third kappa shape index (κ3) is 3.20. The lowest BCUT2D eigenvalue weighted by Crippen LogP contribution is -2.29. The fourth-order valence-electron chi connectivity index (χ4n) is 1.99. The zero-order chi connectivity index (χ0) is 14.0. The molecule has 104 valence electrons. The largest absolute Gasteiger partial charge is 0.271 e. The molecule has 2 aromatic heterocycles. The van der Waals surface area contributed by atoms with E-state index >= 15 is 0 Å². The van der Waals surface area contributed by atoms with E-state index in [1.54, 1.807) is 11.3 Å². The smallest absolute Gasteiger partial charge is 0.0850 e. The van der Waals surface area contributed by atoms with Crippen LogP contribution in [-0.4, -0.2) is 9.78 Å². The number of nitrogens with zero attached hydrogens (tertiary/aromatic N) is 2. The Morgan fingerprint density at radius 1 is 1.63 bits per heavy atom. The number of aryl methyl sites for hydroxylation is 2. The number of hydrogen-bond donors (Lipinski definition) is 2. The molecular formula is C12H16BrClN4S. The van der Waals surface area contributed by atoms with E-state index in [0.29, 0.717) is 6.42 Å². The minimum absolute atomic E-state index is 0.0360. The molecule has 1 unspecified atom stereocenters. The molecule has 0 amide bonds. The van der Waals surface area contributed by atoms with Crippen molar-refractivity contribution < 1.29 is 0 Å². The number of hydrogen-bond acceptors (Lipinski definition) is 4. The van der Waals surface area contributed by atoms with Gasteiger partial charge in [-0.15, -0.1) is 11.3 Å². The highest BCUT2D eigenvalue weighted by atomic mass is 79.9. The highest BCUT2D eigenvalue weighted by molar-refractivity contribution is 9.10. The van der Waals surface area contributed by atoms with E-state index in [0.717, 1.165) is 27.3 Å². The van der Waals surface area contributed by atoms with Crippen LogP contribution in [-0.2, 0) is 19.9 Å². The maximum Gasteiger partial charge on any atom is 0.0850 e. The van der Waals surface area contributed by atoms with Crippen molar-refractivity contribution in [1.29, 1.82) is 0 Å². The molecule has 0 spiro atoms. The number of thiophene rings is 1. The summed E-state index contributed by atoms with van der Waals surface area (Å²) in [6.07, 6.45) is 1.55. The summed E-state index contributed by atoms with van der Waals surface area (Å²) >= 11 is 11.5. The lowest BCUT2D eigenvalue weighted by Gasteiger charge is -2.14. The van der Waals surface area contributed by atoms with Crippen molar-refractivity contribution in [2.24, 2.45) is 12.9 Å². The first-order valence-electron chi connectivity index (χ1n) is 5.97. The number of hydrazine groups is 1. The van der Waals surface area contributed by atoms with Crippen molar-refractivity contribution in [3.05, 3.63) is 37.2 Å². The van der Waals surface area contributed by atoms with Gasteiger partial charge >= 0.3 is 0 Å². The first kappa shape index (κ1) is 15.0. The maximum absolute atomic E-state index is 6.37. The molecule has 0 aliphatic rings. The lowest BCUT2D eigenvalue weighted by molar-refractivity contribution is 0.537.